The van der Waals surface area contributed by atoms with Gasteiger partial charge in [0.05, 0.1) is 25.7 Å². The molecule has 2 amide bonds. The summed E-state index contributed by atoms with van der Waals surface area (Å²) in [7, 11) is -4.28. The summed E-state index contributed by atoms with van der Waals surface area (Å²) >= 11 is 24.9. The van der Waals surface area contributed by atoms with Crippen molar-refractivity contribution in [2.45, 2.75) is 44.7 Å². The average molecular weight is 645 g/mol. The van der Waals surface area contributed by atoms with E-state index in [1.54, 1.807) is 44.2 Å². The van der Waals surface area contributed by atoms with E-state index in [4.69, 9.17) is 46.4 Å². The average Bonchev–Trinajstić information content (AvgIpc) is 2.91. The molecule has 3 aromatic rings. The van der Waals surface area contributed by atoms with E-state index >= 15 is 0 Å². The molecule has 0 aliphatic rings. The molecule has 0 spiro atoms. The number of halogens is 4. The molecule has 1 atom stereocenters. The van der Waals surface area contributed by atoms with Gasteiger partial charge in [0.2, 0.25) is 11.8 Å². The zero-order chi connectivity index (χ0) is 29.6. The van der Waals surface area contributed by atoms with E-state index in [-0.39, 0.29) is 44.5 Å². The van der Waals surface area contributed by atoms with Gasteiger partial charge in [0.25, 0.3) is 10.0 Å². The van der Waals surface area contributed by atoms with E-state index in [1.807, 2.05) is 6.92 Å². The van der Waals surface area contributed by atoms with Crippen molar-refractivity contribution in [1.82, 2.24) is 10.2 Å². The molecule has 12 heteroatoms. The summed E-state index contributed by atoms with van der Waals surface area (Å²) in [5, 5.41) is 3.69. The predicted octanol–water partition coefficient (Wildman–Crippen LogP) is 6.75. The lowest BCUT2D eigenvalue weighted by Crippen LogP contribution is -2.52. The van der Waals surface area contributed by atoms with Crippen molar-refractivity contribution in [3.8, 4) is 0 Å². The maximum Gasteiger partial charge on any atom is 0.264 e. The van der Waals surface area contributed by atoms with E-state index in [1.165, 1.54) is 35.2 Å². The van der Waals surface area contributed by atoms with Crippen LogP contribution in [0.15, 0.2) is 65.6 Å². The molecule has 7 nitrogen and oxygen atoms in total. The molecule has 0 saturated carbocycles. The summed E-state index contributed by atoms with van der Waals surface area (Å²) < 4.78 is 28.8. The zero-order valence-corrected chi connectivity index (χ0v) is 26.0. The van der Waals surface area contributed by atoms with Crippen molar-refractivity contribution in [3.63, 3.8) is 0 Å². The first-order valence-electron chi connectivity index (χ1n) is 12.4. The van der Waals surface area contributed by atoms with Gasteiger partial charge in [0.1, 0.15) is 12.6 Å². The summed E-state index contributed by atoms with van der Waals surface area (Å²) in [6, 6.07) is 14.6. The fraction of sp³-hybridized carbons (Fsp3) is 0.286. The van der Waals surface area contributed by atoms with Crippen LogP contribution in [0.1, 0.15) is 31.4 Å². The molecule has 3 aromatic carbocycles. The number of carbonyl (C=O) groups is 2. The summed E-state index contributed by atoms with van der Waals surface area (Å²) in [6.45, 7) is 5.06. The van der Waals surface area contributed by atoms with Gasteiger partial charge in [0.15, 0.2) is 0 Å². The van der Waals surface area contributed by atoms with Crippen molar-refractivity contribution < 1.29 is 18.0 Å². The summed E-state index contributed by atoms with van der Waals surface area (Å²) in [5.74, 6) is -0.997. The minimum Gasteiger partial charge on any atom is -0.355 e. The molecule has 0 radical (unpaired) electrons. The van der Waals surface area contributed by atoms with Crippen LogP contribution in [0.25, 0.3) is 0 Å². The monoisotopic (exact) mass is 643 g/mol. The van der Waals surface area contributed by atoms with Gasteiger partial charge in [0, 0.05) is 18.1 Å². The molecule has 0 heterocycles. The molecule has 40 heavy (non-hydrogen) atoms. The Hall–Kier alpha value is -2.49. The highest BCUT2D eigenvalue weighted by Gasteiger charge is 2.34. The van der Waals surface area contributed by atoms with Crippen LogP contribution in [0.2, 0.25) is 20.1 Å². The number of likely N-dealkylation sites (N-methyl/N-ethyl adjacent to an activating group) is 1. The third-order valence-electron chi connectivity index (χ3n) is 6.14. The van der Waals surface area contributed by atoms with Gasteiger partial charge >= 0.3 is 0 Å². The minimum absolute atomic E-state index is 0.0208. The Morgan fingerprint density at radius 3 is 2.12 bits per heavy atom. The number of nitrogens with zero attached hydrogens (tertiary/aromatic N) is 2. The van der Waals surface area contributed by atoms with E-state index in [0.29, 0.717) is 17.1 Å². The van der Waals surface area contributed by atoms with Crippen LogP contribution in [-0.2, 0) is 26.2 Å². The van der Waals surface area contributed by atoms with Crippen molar-refractivity contribution >= 4 is 73.9 Å². The highest BCUT2D eigenvalue weighted by molar-refractivity contribution is 7.92. The highest BCUT2D eigenvalue weighted by atomic mass is 35.5. The maximum atomic E-state index is 14.0. The minimum atomic E-state index is -4.28. The van der Waals surface area contributed by atoms with Gasteiger partial charge in [-0.25, -0.2) is 8.42 Å². The Morgan fingerprint density at radius 2 is 1.52 bits per heavy atom. The number of carbonyl (C=O) groups excluding carboxylic acids is 2. The van der Waals surface area contributed by atoms with Crippen molar-refractivity contribution in [2.75, 3.05) is 17.4 Å². The molecule has 0 aromatic heterocycles. The van der Waals surface area contributed by atoms with Gasteiger partial charge in [-0.1, -0.05) is 77.1 Å². The smallest absolute Gasteiger partial charge is 0.264 e. The number of hydrogen-bond acceptors (Lipinski definition) is 4. The highest BCUT2D eigenvalue weighted by Crippen LogP contribution is 2.33. The largest absolute Gasteiger partial charge is 0.355 e. The number of aryl methyl sites for hydroxylation is 1. The van der Waals surface area contributed by atoms with Gasteiger partial charge < -0.3 is 10.2 Å². The molecular weight excluding hydrogens is 616 g/mol. The molecule has 0 unspecified atom stereocenters. The van der Waals surface area contributed by atoms with Crippen LogP contribution in [0.4, 0.5) is 5.69 Å². The van der Waals surface area contributed by atoms with E-state index < -0.39 is 28.5 Å². The van der Waals surface area contributed by atoms with Gasteiger partial charge in [-0.3, -0.25) is 13.9 Å². The summed E-state index contributed by atoms with van der Waals surface area (Å²) in [6.07, 6.45) is 0.279. The van der Waals surface area contributed by atoms with Crippen LogP contribution in [0, 0.1) is 6.92 Å². The molecule has 3 rings (SSSR count). The zero-order valence-electron chi connectivity index (χ0n) is 22.1. The predicted molar refractivity (Wildman–Crippen MR) is 162 cm³/mol. The molecule has 0 aliphatic heterocycles. The first kappa shape index (κ1) is 32.0. The second-order valence-electron chi connectivity index (χ2n) is 9.01. The third kappa shape index (κ3) is 7.62. The topological polar surface area (TPSA) is 86.8 Å². The normalized spacial score (nSPS) is 12.1. The van der Waals surface area contributed by atoms with E-state index in [0.717, 1.165) is 9.87 Å². The van der Waals surface area contributed by atoms with Crippen molar-refractivity contribution in [2.24, 2.45) is 0 Å². The molecule has 0 aliphatic carbocycles. The van der Waals surface area contributed by atoms with Crippen LogP contribution in [0.5, 0.6) is 0 Å². The fourth-order valence-corrected chi connectivity index (χ4v) is 6.26. The number of hydrogen-bond donors (Lipinski definition) is 1. The Kier molecular flexibility index (Phi) is 11.1. The first-order chi connectivity index (χ1) is 18.9. The van der Waals surface area contributed by atoms with Gasteiger partial charge in [-0.05, 0) is 68.3 Å². The standard InChI is InChI=1S/C28H29Cl4N3O4S/c1-4-25(28(37)33-5-2)34(16-19-8-12-22(30)24(32)14-19)27(36)17-35(26-15-20(29)9-13-23(26)31)40(38,39)21-10-6-18(3)7-11-21/h6-15,25H,4-5,16-17H2,1-3H3,(H,33,37)/t25-/m1/s1. The quantitative estimate of drug-likeness (QED) is 0.250. The van der Waals surface area contributed by atoms with Crippen molar-refractivity contribution in [3.05, 3.63) is 91.9 Å². The number of benzene rings is 3. The Balaban J connectivity index is 2.11. The van der Waals surface area contributed by atoms with Crippen LogP contribution in [-0.4, -0.2) is 44.3 Å². The van der Waals surface area contributed by atoms with E-state index in [2.05, 4.69) is 5.32 Å². The second-order valence-corrected chi connectivity index (χ2v) is 12.5. The fourth-order valence-electron chi connectivity index (χ4n) is 4.07. The molecule has 1 N–H and O–H groups in total. The number of amides is 2. The van der Waals surface area contributed by atoms with Gasteiger partial charge in [-0.15, -0.1) is 0 Å². The molecular formula is C28H29Cl4N3O4S. The number of rotatable bonds is 11. The lowest BCUT2D eigenvalue weighted by Gasteiger charge is -2.33. The number of nitrogens with one attached hydrogen (secondary N) is 1. The first-order valence-corrected chi connectivity index (χ1v) is 15.4. The van der Waals surface area contributed by atoms with Crippen LogP contribution >= 0.6 is 46.4 Å². The Bertz CT molecular complexity index is 1480. The Morgan fingerprint density at radius 1 is 0.875 bits per heavy atom. The van der Waals surface area contributed by atoms with Gasteiger partial charge in [-0.2, -0.15) is 0 Å². The van der Waals surface area contributed by atoms with Crippen LogP contribution in [0.3, 0.4) is 0 Å². The third-order valence-corrected chi connectivity index (χ3v) is 9.21. The lowest BCUT2D eigenvalue weighted by molar-refractivity contribution is -0.140. The molecule has 214 valence electrons. The summed E-state index contributed by atoms with van der Waals surface area (Å²) in [4.78, 5) is 28.3. The molecule has 0 saturated heterocycles. The molecule has 0 fully saturated rings. The number of anilines is 1. The molecule has 0 bridgehead atoms. The maximum absolute atomic E-state index is 14.0. The summed E-state index contributed by atoms with van der Waals surface area (Å²) in [5.41, 5.74) is 1.51. The lowest BCUT2D eigenvalue weighted by atomic mass is 10.1. The SMILES string of the molecule is CCNC(=O)[C@@H](CC)N(Cc1ccc(Cl)c(Cl)c1)C(=O)CN(c1cc(Cl)ccc1Cl)S(=O)(=O)c1ccc(C)cc1. The number of sulfonamides is 1. The second kappa shape index (κ2) is 13.9. The van der Waals surface area contributed by atoms with Crippen LogP contribution < -0.4 is 9.62 Å². The van der Waals surface area contributed by atoms with E-state index in [9.17, 15) is 18.0 Å². The van der Waals surface area contributed by atoms with Crippen molar-refractivity contribution in [1.29, 1.82) is 0 Å². The Labute approximate surface area is 255 Å².